The molecular weight excluding hydrogens is 436 g/mol. The summed E-state index contributed by atoms with van der Waals surface area (Å²) < 4.78 is 5.90. The van der Waals surface area contributed by atoms with Gasteiger partial charge in [0.25, 0.3) is 0 Å². The molecule has 0 amide bonds. The molecule has 1 heterocycles. The molecule has 0 radical (unpaired) electrons. The van der Waals surface area contributed by atoms with E-state index in [4.69, 9.17) is 15.2 Å². The standard InChI is InChI=1S/C28H38N6O/c1-33(2)16-7-14-31-27(29)23-11-5-9-21(19-23)25-13-18-35-26(25)22-10-6-12-24(20-22)28(30)32-15-8-17-34(3)4/h5-6,9-13,18-20H,7-8,14-17H2,1-4H3,(H2,29,31)(H2,30,32). The van der Waals surface area contributed by atoms with Crippen LogP contribution in [0.5, 0.6) is 0 Å². The highest BCUT2D eigenvalue weighted by Gasteiger charge is 2.14. The highest BCUT2D eigenvalue weighted by Crippen LogP contribution is 2.34. The van der Waals surface area contributed by atoms with Gasteiger partial charge in [-0.15, -0.1) is 0 Å². The molecule has 4 N–H and O–H groups in total. The molecule has 2 aromatic carbocycles. The molecule has 0 saturated carbocycles. The third kappa shape index (κ3) is 7.80. The van der Waals surface area contributed by atoms with Crippen molar-refractivity contribution in [3.05, 3.63) is 72.0 Å². The summed E-state index contributed by atoms with van der Waals surface area (Å²) >= 11 is 0. The Labute approximate surface area is 209 Å². The number of nitrogens with one attached hydrogen (secondary N) is 4. The zero-order valence-corrected chi connectivity index (χ0v) is 21.3. The van der Waals surface area contributed by atoms with E-state index in [1.54, 1.807) is 6.26 Å². The van der Waals surface area contributed by atoms with Crippen molar-refractivity contribution in [2.45, 2.75) is 12.8 Å². The lowest BCUT2D eigenvalue weighted by atomic mass is 9.99. The minimum absolute atomic E-state index is 0.412. The molecule has 0 unspecified atom stereocenters. The summed E-state index contributed by atoms with van der Waals surface area (Å²) in [7, 11) is 8.21. The predicted molar refractivity (Wildman–Crippen MR) is 146 cm³/mol. The molecule has 7 heteroatoms. The summed E-state index contributed by atoms with van der Waals surface area (Å²) in [6, 6.07) is 17.8. The monoisotopic (exact) mass is 474 g/mol. The summed E-state index contributed by atoms with van der Waals surface area (Å²) in [6.45, 7) is 3.49. The van der Waals surface area contributed by atoms with E-state index in [1.807, 2.05) is 54.6 Å². The van der Waals surface area contributed by atoms with E-state index in [9.17, 15) is 0 Å². The normalized spacial score (nSPS) is 11.1. The van der Waals surface area contributed by atoms with Gasteiger partial charge in [-0.3, -0.25) is 10.8 Å². The molecule has 0 aliphatic heterocycles. The Morgan fingerprint density at radius 2 is 1.26 bits per heavy atom. The lowest BCUT2D eigenvalue weighted by Crippen LogP contribution is -2.27. The maximum Gasteiger partial charge on any atom is 0.141 e. The Kier molecular flexibility index (Phi) is 9.64. The van der Waals surface area contributed by atoms with Crippen LogP contribution in [0.4, 0.5) is 0 Å². The number of hydrogen-bond acceptors (Lipinski definition) is 5. The van der Waals surface area contributed by atoms with E-state index in [0.29, 0.717) is 11.7 Å². The minimum Gasteiger partial charge on any atom is -0.464 e. The number of benzene rings is 2. The van der Waals surface area contributed by atoms with E-state index < -0.39 is 0 Å². The number of hydrogen-bond donors (Lipinski definition) is 4. The SMILES string of the molecule is CN(C)CCCNC(=N)c1cccc(-c2ccoc2-c2cccc(C(=N)NCCCN(C)C)c2)c1. The molecule has 0 fully saturated rings. The van der Waals surface area contributed by atoms with E-state index in [-0.39, 0.29) is 0 Å². The average Bonchev–Trinajstić information content (AvgIpc) is 3.34. The van der Waals surface area contributed by atoms with Crippen molar-refractivity contribution in [3.8, 4) is 22.5 Å². The molecule has 3 aromatic rings. The van der Waals surface area contributed by atoms with Gasteiger partial charge in [0.2, 0.25) is 0 Å². The van der Waals surface area contributed by atoms with Gasteiger partial charge in [-0.1, -0.05) is 36.4 Å². The van der Waals surface area contributed by atoms with Crippen molar-refractivity contribution < 1.29 is 4.42 Å². The lowest BCUT2D eigenvalue weighted by Gasteiger charge is -2.13. The van der Waals surface area contributed by atoms with Gasteiger partial charge in [0, 0.05) is 35.3 Å². The van der Waals surface area contributed by atoms with Crippen LogP contribution in [0.2, 0.25) is 0 Å². The van der Waals surface area contributed by atoms with Crippen LogP contribution in [0.25, 0.3) is 22.5 Å². The van der Waals surface area contributed by atoms with Gasteiger partial charge in [0.1, 0.15) is 17.4 Å². The van der Waals surface area contributed by atoms with Gasteiger partial charge >= 0.3 is 0 Å². The van der Waals surface area contributed by atoms with Crippen LogP contribution >= 0.6 is 0 Å². The van der Waals surface area contributed by atoms with Crippen molar-refractivity contribution in [1.29, 1.82) is 10.8 Å². The van der Waals surface area contributed by atoms with Crippen molar-refractivity contribution in [1.82, 2.24) is 20.4 Å². The van der Waals surface area contributed by atoms with Crippen LogP contribution in [0.3, 0.4) is 0 Å². The molecule has 186 valence electrons. The maximum atomic E-state index is 8.44. The molecule has 0 atom stereocenters. The zero-order valence-electron chi connectivity index (χ0n) is 21.3. The summed E-state index contributed by atoms with van der Waals surface area (Å²) in [5.41, 5.74) is 4.55. The second-order valence-electron chi connectivity index (χ2n) is 9.24. The third-order valence-corrected chi connectivity index (χ3v) is 5.71. The minimum atomic E-state index is 0.412. The van der Waals surface area contributed by atoms with Gasteiger partial charge in [0.05, 0.1) is 6.26 Å². The predicted octanol–water partition coefficient (Wildman–Crippen LogP) is 4.35. The number of nitrogens with zero attached hydrogens (tertiary/aromatic N) is 2. The summed E-state index contributed by atoms with van der Waals surface area (Å²) in [6.07, 6.45) is 3.66. The van der Waals surface area contributed by atoms with E-state index in [1.165, 1.54) is 0 Å². The van der Waals surface area contributed by atoms with Crippen LogP contribution in [-0.2, 0) is 0 Å². The van der Waals surface area contributed by atoms with Crippen LogP contribution in [0, 0.1) is 10.8 Å². The summed E-state index contributed by atoms with van der Waals surface area (Å²) in [4.78, 5) is 4.28. The van der Waals surface area contributed by atoms with Gasteiger partial charge < -0.3 is 24.9 Å². The maximum absolute atomic E-state index is 8.44. The summed E-state index contributed by atoms with van der Waals surface area (Å²) in [5.74, 6) is 1.59. The van der Waals surface area contributed by atoms with Crippen molar-refractivity contribution in [2.24, 2.45) is 0 Å². The third-order valence-electron chi connectivity index (χ3n) is 5.71. The smallest absolute Gasteiger partial charge is 0.141 e. The fourth-order valence-corrected chi connectivity index (χ4v) is 3.84. The first kappa shape index (κ1) is 26.2. The molecule has 0 saturated heterocycles. The molecular formula is C28H38N6O. The topological polar surface area (TPSA) is 91.4 Å². The molecule has 0 aliphatic rings. The fraction of sp³-hybridized carbons (Fsp3) is 0.357. The van der Waals surface area contributed by atoms with Crippen LogP contribution in [-0.4, -0.2) is 75.8 Å². The molecule has 0 aliphatic carbocycles. The van der Waals surface area contributed by atoms with E-state index >= 15 is 0 Å². The van der Waals surface area contributed by atoms with Crippen molar-refractivity contribution in [3.63, 3.8) is 0 Å². The van der Waals surface area contributed by atoms with Crippen LogP contribution in [0.15, 0.2) is 65.3 Å². The zero-order chi connectivity index (χ0) is 25.2. The molecule has 1 aromatic heterocycles. The Morgan fingerprint density at radius 3 is 1.80 bits per heavy atom. The largest absolute Gasteiger partial charge is 0.464 e. The Bertz CT molecular complexity index is 1030. The van der Waals surface area contributed by atoms with Gasteiger partial charge in [-0.2, -0.15) is 0 Å². The Hall–Kier alpha value is -3.42. The number of furan rings is 1. The summed E-state index contributed by atoms with van der Waals surface area (Å²) in [5, 5.41) is 23.3. The Balaban J connectivity index is 1.72. The molecule has 35 heavy (non-hydrogen) atoms. The van der Waals surface area contributed by atoms with Gasteiger partial charge in [-0.05, 0) is 77.9 Å². The van der Waals surface area contributed by atoms with Crippen molar-refractivity contribution in [2.75, 3.05) is 54.4 Å². The lowest BCUT2D eigenvalue weighted by molar-refractivity contribution is 0.400. The van der Waals surface area contributed by atoms with E-state index in [2.05, 4.69) is 48.6 Å². The van der Waals surface area contributed by atoms with Crippen LogP contribution in [0.1, 0.15) is 24.0 Å². The number of amidine groups is 2. The fourth-order valence-electron chi connectivity index (χ4n) is 3.84. The molecule has 7 nitrogen and oxygen atoms in total. The van der Waals surface area contributed by atoms with Gasteiger partial charge in [0.15, 0.2) is 0 Å². The second kappa shape index (κ2) is 12.9. The number of rotatable bonds is 12. The quantitative estimate of drug-likeness (QED) is 0.178. The second-order valence-corrected chi connectivity index (χ2v) is 9.24. The highest BCUT2D eigenvalue weighted by molar-refractivity contribution is 5.99. The average molecular weight is 475 g/mol. The Morgan fingerprint density at radius 1 is 0.743 bits per heavy atom. The highest BCUT2D eigenvalue weighted by atomic mass is 16.3. The van der Waals surface area contributed by atoms with Gasteiger partial charge in [-0.25, -0.2) is 0 Å². The molecule has 0 bridgehead atoms. The first-order valence-electron chi connectivity index (χ1n) is 12.1. The van der Waals surface area contributed by atoms with Crippen molar-refractivity contribution >= 4 is 11.7 Å². The first-order chi connectivity index (χ1) is 16.8. The molecule has 0 spiro atoms. The van der Waals surface area contributed by atoms with E-state index in [0.717, 1.165) is 72.6 Å². The van der Waals surface area contributed by atoms with Crippen LogP contribution < -0.4 is 10.6 Å². The molecule has 3 rings (SSSR count). The first-order valence-corrected chi connectivity index (χ1v) is 12.1.